The lowest BCUT2D eigenvalue weighted by molar-refractivity contribution is -0.116. The number of likely N-dealkylation sites (N-methyl/N-ethyl adjacent to an activating group) is 1. The molecule has 1 amide bonds. The van der Waals surface area contributed by atoms with E-state index in [0.717, 1.165) is 6.42 Å². The van der Waals surface area contributed by atoms with Crippen LogP contribution in [0.15, 0.2) is 48.6 Å². The number of amides is 1. The number of aryl methyl sites for hydroxylation is 1. The third-order valence-corrected chi connectivity index (χ3v) is 3.42. The van der Waals surface area contributed by atoms with Gasteiger partial charge in [0.25, 0.3) is 0 Å². The maximum Gasteiger partial charge on any atom is 0.244 e. The first-order valence-electron chi connectivity index (χ1n) is 7.41. The van der Waals surface area contributed by atoms with Gasteiger partial charge >= 0.3 is 0 Å². The van der Waals surface area contributed by atoms with Crippen molar-refractivity contribution in [3.05, 3.63) is 59.7 Å². The molecule has 1 rings (SSSR count). The summed E-state index contributed by atoms with van der Waals surface area (Å²) in [6.45, 7) is 4.66. The number of carbonyl (C=O) groups excluding carboxylic acids is 1. The number of nitrogens with one attached hydrogen (secondary N) is 1. The van der Waals surface area contributed by atoms with Crippen LogP contribution in [0.25, 0.3) is 0 Å². The van der Waals surface area contributed by atoms with Crippen molar-refractivity contribution in [1.82, 2.24) is 10.2 Å². The molecule has 0 radical (unpaired) electrons. The molecule has 0 heterocycles. The normalized spacial score (nSPS) is 13.2. The second-order valence-corrected chi connectivity index (χ2v) is 5.20. The molecule has 0 aromatic heterocycles. The van der Waals surface area contributed by atoms with Gasteiger partial charge in [-0.15, -0.1) is 0 Å². The summed E-state index contributed by atoms with van der Waals surface area (Å²) in [5.74, 6) is -0.0647. The maximum absolute atomic E-state index is 11.7. The van der Waals surface area contributed by atoms with E-state index in [1.165, 1.54) is 11.1 Å². The molecule has 0 aliphatic carbocycles. The molecule has 21 heavy (non-hydrogen) atoms. The Bertz CT molecular complexity index is 486. The van der Waals surface area contributed by atoms with Crippen molar-refractivity contribution in [2.24, 2.45) is 0 Å². The highest BCUT2D eigenvalue weighted by molar-refractivity contribution is 5.87. The molecule has 0 aliphatic rings. The monoisotopic (exact) mass is 286 g/mol. The highest BCUT2D eigenvalue weighted by atomic mass is 16.1. The molecule has 114 valence electrons. The zero-order chi connectivity index (χ0) is 15.7. The van der Waals surface area contributed by atoms with Gasteiger partial charge in [-0.2, -0.15) is 0 Å². The topological polar surface area (TPSA) is 32.3 Å². The van der Waals surface area contributed by atoms with Gasteiger partial charge in [-0.3, -0.25) is 4.79 Å². The van der Waals surface area contributed by atoms with Crippen LogP contribution in [0.5, 0.6) is 0 Å². The van der Waals surface area contributed by atoms with Crippen molar-refractivity contribution >= 4 is 5.91 Å². The van der Waals surface area contributed by atoms with E-state index < -0.39 is 0 Å². The largest absolute Gasteiger partial charge is 0.351 e. The van der Waals surface area contributed by atoms with Crippen molar-refractivity contribution in [3.63, 3.8) is 0 Å². The Labute approximate surface area is 128 Å². The zero-order valence-electron chi connectivity index (χ0n) is 13.5. The Morgan fingerprint density at radius 3 is 2.43 bits per heavy atom. The molecular formula is C18H26N2O. The minimum absolute atomic E-state index is 0.0647. The number of allylic oxidation sites excluding steroid dienone is 3. The smallest absolute Gasteiger partial charge is 0.244 e. The van der Waals surface area contributed by atoms with E-state index in [1.807, 2.05) is 33.2 Å². The van der Waals surface area contributed by atoms with Crippen molar-refractivity contribution in [1.29, 1.82) is 0 Å². The molecule has 3 nitrogen and oxygen atoms in total. The lowest BCUT2D eigenvalue weighted by Crippen LogP contribution is -2.33. The lowest BCUT2D eigenvalue weighted by Gasteiger charge is -2.25. The zero-order valence-corrected chi connectivity index (χ0v) is 13.5. The van der Waals surface area contributed by atoms with E-state index in [9.17, 15) is 4.79 Å². The number of carbonyl (C=O) groups is 1. The summed E-state index contributed by atoms with van der Waals surface area (Å²) in [6.07, 6.45) is 8.07. The predicted molar refractivity (Wildman–Crippen MR) is 89.2 cm³/mol. The Kier molecular flexibility index (Phi) is 7.48. The Balaban J connectivity index is 2.67. The SMILES string of the molecule is C/C=C/C=C/C(=O)NCC(c1ccc(CC)cc1)N(C)C. The molecule has 3 heteroatoms. The minimum atomic E-state index is -0.0647. The second-order valence-electron chi connectivity index (χ2n) is 5.20. The summed E-state index contributed by atoms with van der Waals surface area (Å²) < 4.78 is 0. The highest BCUT2D eigenvalue weighted by Gasteiger charge is 2.14. The van der Waals surface area contributed by atoms with Gasteiger partial charge in [-0.25, -0.2) is 0 Å². The average molecular weight is 286 g/mol. The maximum atomic E-state index is 11.7. The van der Waals surface area contributed by atoms with E-state index in [4.69, 9.17) is 0 Å². The van der Waals surface area contributed by atoms with Gasteiger partial charge in [0.2, 0.25) is 5.91 Å². The van der Waals surface area contributed by atoms with Crippen molar-refractivity contribution < 1.29 is 4.79 Å². The molecule has 1 N–H and O–H groups in total. The molecule has 0 saturated carbocycles. The van der Waals surface area contributed by atoms with Crippen LogP contribution in [0.2, 0.25) is 0 Å². The first kappa shape index (κ1) is 17.2. The van der Waals surface area contributed by atoms with Crippen molar-refractivity contribution in [2.45, 2.75) is 26.3 Å². The predicted octanol–water partition coefficient (Wildman–Crippen LogP) is 3.10. The summed E-state index contributed by atoms with van der Waals surface area (Å²) in [6, 6.07) is 8.77. The van der Waals surface area contributed by atoms with Gasteiger partial charge in [-0.1, -0.05) is 49.4 Å². The molecule has 0 spiro atoms. The second kappa shape index (κ2) is 9.14. The Hall–Kier alpha value is -1.87. The molecular weight excluding hydrogens is 260 g/mol. The summed E-state index contributed by atoms with van der Waals surface area (Å²) >= 11 is 0. The molecule has 0 aliphatic heterocycles. The first-order valence-corrected chi connectivity index (χ1v) is 7.41. The van der Waals surface area contributed by atoms with Gasteiger partial charge in [0.1, 0.15) is 0 Å². The number of hydrogen-bond donors (Lipinski definition) is 1. The molecule has 0 saturated heterocycles. The fourth-order valence-corrected chi connectivity index (χ4v) is 2.08. The van der Waals surface area contributed by atoms with Crippen LogP contribution >= 0.6 is 0 Å². The van der Waals surface area contributed by atoms with Crippen LogP contribution < -0.4 is 5.32 Å². The van der Waals surface area contributed by atoms with Crippen LogP contribution in [-0.2, 0) is 11.2 Å². The van der Waals surface area contributed by atoms with E-state index in [2.05, 4.69) is 41.4 Å². The number of nitrogens with zero attached hydrogens (tertiary/aromatic N) is 1. The fraction of sp³-hybridized carbons (Fsp3) is 0.389. The van der Waals surface area contributed by atoms with Gasteiger partial charge in [0, 0.05) is 12.6 Å². The van der Waals surface area contributed by atoms with E-state index in [1.54, 1.807) is 12.2 Å². The standard InChI is InChI=1S/C18H26N2O/c1-5-7-8-9-18(21)19-14-17(20(3)4)16-12-10-15(6-2)11-13-16/h5,7-13,17H,6,14H2,1-4H3,(H,19,21)/b7-5+,9-8+. The quantitative estimate of drug-likeness (QED) is 0.617. The summed E-state index contributed by atoms with van der Waals surface area (Å²) in [7, 11) is 4.06. The van der Waals surface area contributed by atoms with E-state index in [-0.39, 0.29) is 11.9 Å². The summed E-state index contributed by atoms with van der Waals surface area (Å²) in [5, 5.41) is 2.95. The highest BCUT2D eigenvalue weighted by Crippen LogP contribution is 2.18. The van der Waals surface area contributed by atoms with Crippen LogP contribution in [0.4, 0.5) is 0 Å². The first-order chi connectivity index (χ1) is 10.1. The molecule has 0 fully saturated rings. The van der Waals surface area contributed by atoms with Crippen LogP contribution in [-0.4, -0.2) is 31.4 Å². The molecule has 1 unspecified atom stereocenters. The fourth-order valence-electron chi connectivity index (χ4n) is 2.08. The minimum Gasteiger partial charge on any atom is -0.351 e. The summed E-state index contributed by atoms with van der Waals surface area (Å²) in [4.78, 5) is 13.8. The Morgan fingerprint density at radius 2 is 1.90 bits per heavy atom. The molecule has 0 bridgehead atoms. The van der Waals surface area contributed by atoms with E-state index >= 15 is 0 Å². The van der Waals surface area contributed by atoms with Crippen LogP contribution in [0.1, 0.15) is 31.0 Å². The molecule has 1 atom stereocenters. The molecule has 1 aromatic rings. The summed E-state index contributed by atoms with van der Waals surface area (Å²) in [5.41, 5.74) is 2.55. The van der Waals surface area contributed by atoms with Crippen LogP contribution in [0.3, 0.4) is 0 Å². The third-order valence-electron chi connectivity index (χ3n) is 3.42. The Morgan fingerprint density at radius 1 is 1.24 bits per heavy atom. The average Bonchev–Trinajstić information content (AvgIpc) is 2.48. The van der Waals surface area contributed by atoms with Crippen LogP contribution in [0, 0.1) is 0 Å². The van der Waals surface area contributed by atoms with Crippen molar-refractivity contribution in [3.8, 4) is 0 Å². The molecule has 1 aromatic carbocycles. The number of benzene rings is 1. The van der Waals surface area contributed by atoms with Gasteiger partial charge in [-0.05, 0) is 38.6 Å². The van der Waals surface area contributed by atoms with Gasteiger partial charge in [0.05, 0.1) is 6.04 Å². The van der Waals surface area contributed by atoms with E-state index in [0.29, 0.717) is 6.54 Å². The third kappa shape index (κ3) is 5.96. The van der Waals surface area contributed by atoms with Gasteiger partial charge < -0.3 is 10.2 Å². The van der Waals surface area contributed by atoms with Crippen molar-refractivity contribution in [2.75, 3.05) is 20.6 Å². The lowest BCUT2D eigenvalue weighted by atomic mass is 10.0. The number of rotatable bonds is 7. The number of hydrogen-bond acceptors (Lipinski definition) is 2. The van der Waals surface area contributed by atoms with Gasteiger partial charge in [0.15, 0.2) is 0 Å².